The van der Waals surface area contributed by atoms with Gasteiger partial charge in [-0.25, -0.2) is 0 Å². The summed E-state index contributed by atoms with van der Waals surface area (Å²) in [6.45, 7) is 0. The van der Waals surface area contributed by atoms with Gasteiger partial charge in [0.05, 0.1) is 0 Å². The van der Waals surface area contributed by atoms with E-state index < -0.39 is 0 Å². The lowest BCUT2D eigenvalue weighted by Gasteiger charge is -2.20. The number of hydrogen-bond donors (Lipinski definition) is 0. The summed E-state index contributed by atoms with van der Waals surface area (Å²) >= 11 is 3.89. The molecule has 2 heterocycles. The van der Waals surface area contributed by atoms with E-state index in [4.69, 9.17) is 0 Å². The molecule has 250 valence electrons. The lowest BCUT2D eigenvalue weighted by Crippen LogP contribution is -1.93. The molecule has 0 atom stereocenters. The van der Waals surface area contributed by atoms with Crippen molar-refractivity contribution in [2.45, 2.75) is 0 Å². The summed E-state index contributed by atoms with van der Waals surface area (Å²) < 4.78 is 5.39. The van der Waals surface area contributed by atoms with Crippen molar-refractivity contribution in [2.24, 2.45) is 0 Å². The fourth-order valence-corrected chi connectivity index (χ4v) is 11.7. The minimum atomic E-state index is 1.24. The van der Waals surface area contributed by atoms with E-state index in [1.807, 2.05) is 22.7 Å². The maximum atomic E-state index is 2.50. The fourth-order valence-electron chi connectivity index (χ4n) is 9.16. The van der Waals surface area contributed by atoms with Gasteiger partial charge in [-0.15, -0.1) is 22.7 Å². The quantitative estimate of drug-likeness (QED) is 0.160. The molecule has 0 bridgehead atoms. The third-order valence-corrected chi connectivity index (χ3v) is 13.8. The monoisotopic (exact) mass is 718 g/mol. The molecule has 0 radical (unpaired) electrons. The second kappa shape index (κ2) is 11.6. The summed E-state index contributed by atoms with van der Waals surface area (Å²) in [6, 6.07) is 67.7. The van der Waals surface area contributed by atoms with E-state index in [9.17, 15) is 0 Å². The lowest BCUT2D eigenvalue weighted by atomic mass is 9.83. The highest BCUT2D eigenvalue weighted by atomic mass is 32.1. The maximum absolute atomic E-state index is 2.50. The van der Waals surface area contributed by atoms with Crippen molar-refractivity contribution in [2.75, 3.05) is 0 Å². The van der Waals surface area contributed by atoms with Crippen molar-refractivity contribution >= 4 is 106 Å². The van der Waals surface area contributed by atoms with Crippen molar-refractivity contribution < 1.29 is 0 Å². The summed E-state index contributed by atoms with van der Waals surface area (Å²) in [5, 5.41) is 15.7. The molecule has 0 spiro atoms. The van der Waals surface area contributed by atoms with E-state index in [-0.39, 0.29) is 0 Å². The molecule has 0 aliphatic carbocycles. The fraction of sp³-hybridized carbons (Fsp3) is 0. The summed E-state index contributed by atoms with van der Waals surface area (Å²) in [6.07, 6.45) is 0. The van der Waals surface area contributed by atoms with Crippen LogP contribution in [-0.2, 0) is 0 Å². The molecule has 12 rings (SSSR count). The number of rotatable bonds is 3. The molecule has 2 heteroatoms. The molecule has 0 aliphatic heterocycles. The van der Waals surface area contributed by atoms with Gasteiger partial charge in [0.25, 0.3) is 0 Å². The maximum Gasteiger partial charge on any atom is 0.0449 e. The highest BCUT2D eigenvalue weighted by Gasteiger charge is 2.25. The Morgan fingerprint density at radius 2 is 0.796 bits per heavy atom. The molecule has 54 heavy (non-hydrogen) atoms. The van der Waals surface area contributed by atoms with E-state index in [1.165, 1.54) is 117 Å². The van der Waals surface area contributed by atoms with Gasteiger partial charge < -0.3 is 0 Å². The van der Waals surface area contributed by atoms with Crippen LogP contribution in [-0.4, -0.2) is 0 Å². The zero-order valence-electron chi connectivity index (χ0n) is 29.1. The summed E-state index contributed by atoms with van der Waals surface area (Å²) in [4.78, 5) is 0. The summed E-state index contributed by atoms with van der Waals surface area (Å²) in [5.41, 5.74) is 7.74. The number of hydrogen-bond acceptors (Lipinski definition) is 2. The first kappa shape index (κ1) is 30.2. The standard InChI is InChI=1S/C52H30S2/c1-2-14-31(15-3-1)33-27-28-42(36-19-7-6-18-35(33)36)47-38-21-8-10-23-40(38)49(41-24-11-9-22-39(41)47)50-51-43(37-20-12-13-25-45(37)53-51)30-44-48-34-17-5-4-16-32(34)26-29-46(48)54-52(44)50/h1-30H. The largest absolute Gasteiger partial charge is 0.134 e. The van der Waals surface area contributed by atoms with Crippen LogP contribution < -0.4 is 0 Å². The zero-order valence-corrected chi connectivity index (χ0v) is 30.8. The van der Waals surface area contributed by atoms with Gasteiger partial charge in [0.2, 0.25) is 0 Å². The zero-order chi connectivity index (χ0) is 35.3. The van der Waals surface area contributed by atoms with Gasteiger partial charge in [-0.05, 0) is 83.5 Å². The molecule has 2 aromatic heterocycles. The Balaban J connectivity index is 1.26. The van der Waals surface area contributed by atoms with Crippen LogP contribution in [0.2, 0.25) is 0 Å². The minimum absolute atomic E-state index is 1.24. The van der Waals surface area contributed by atoms with E-state index >= 15 is 0 Å². The molecule has 0 unspecified atom stereocenters. The normalized spacial score (nSPS) is 12.1. The Labute approximate surface area is 319 Å². The van der Waals surface area contributed by atoms with Crippen molar-refractivity contribution in [3.05, 3.63) is 182 Å². The van der Waals surface area contributed by atoms with Crippen molar-refractivity contribution in [1.29, 1.82) is 0 Å². The highest BCUT2D eigenvalue weighted by Crippen LogP contribution is 2.54. The first-order valence-corrected chi connectivity index (χ1v) is 20.1. The summed E-state index contributed by atoms with van der Waals surface area (Å²) in [7, 11) is 0. The van der Waals surface area contributed by atoms with Crippen LogP contribution in [0.5, 0.6) is 0 Å². The molecule has 0 saturated carbocycles. The number of thiophene rings is 2. The van der Waals surface area contributed by atoms with Crippen LogP contribution >= 0.6 is 22.7 Å². The van der Waals surface area contributed by atoms with Gasteiger partial charge in [-0.2, -0.15) is 0 Å². The molecule has 0 N–H and O–H groups in total. The second-order valence-electron chi connectivity index (χ2n) is 14.3. The average Bonchev–Trinajstić information content (AvgIpc) is 3.81. The molecule has 0 saturated heterocycles. The van der Waals surface area contributed by atoms with Crippen molar-refractivity contribution in [1.82, 2.24) is 0 Å². The molecule has 0 fully saturated rings. The van der Waals surface area contributed by atoms with Gasteiger partial charge in [0.15, 0.2) is 0 Å². The molecule has 10 aromatic carbocycles. The third kappa shape index (κ3) is 4.24. The van der Waals surface area contributed by atoms with E-state index in [0.29, 0.717) is 0 Å². The van der Waals surface area contributed by atoms with E-state index in [1.54, 1.807) is 0 Å². The van der Waals surface area contributed by atoms with Crippen LogP contribution in [0.1, 0.15) is 0 Å². The van der Waals surface area contributed by atoms with Crippen LogP contribution in [0.25, 0.3) is 117 Å². The van der Waals surface area contributed by atoms with Gasteiger partial charge in [0.1, 0.15) is 0 Å². The van der Waals surface area contributed by atoms with Gasteiger partial charge in [-0.1, -0.05) is 164 Å². The molecular formula is C52H30S2. The summed E-state index contributed by atoms with van der Waals surface area (Å²) in [5.74, 6) is 0. The molecule has 0 amide bonds. The molecule has 12 aromatic rings. The molecule has 0 nitrogen and oxygen atoms in total. The number of fused-ring (bicyclic) bond motifs is 11. The predicted octanol–water partition coefficient (Wildman–Crippen LogP) is 16.0. The Bertz CT molecular complexity index is 3430. The smallest absolute Gasteiger partial charge is 0.0449 e. The Morgan fingerprint density at radius 3 is 1.52 bits per heavy atom. The van der Waals surface area contributed by atoms with Gasteiger partial charge >= 0.3 is 0 Å². The SMILES string of the molecule is c1ccc(-c2ccc(-c3c4ccccc4c(-c4c5sc6ccccc6c5cc5c4sc4ccc6ccccc6c45)c4ccccc34)c3ccccc23)cc1. The van der Waals surface area contributed by atoms with Crippen LogP contribution in [0.15, 0.2) is 182 Å². The third-order valence-electron chi connectivity index (χ3n) is 11.5. The van der Waals surface area contributed by atoms with E-state index in [0.717, 1.165) is 0 Å². The Kier molecular flexibility index (Phi) is 6.48. The van der Waals surface area contributed by atoms with Gasteiger partial charge in [-0.3, -0.25) is 0 Å². The van der Waals surface area contributed by atoms with Crippen LogP contribution in [0, 0.1) is 0 Å². The lowest BCUT2D eigenvalue weighted by molar-refractivity contribution is 1.64. The van der Waals surface area contributed by atoms with E-state index in [2.05, 4.69) is 182 Å². The first-order chi connectivity index (χ1) is 26.8. The van der Waals surface area contributed by atoms with Gasteiger partial charge in [0, 0.05) is 51.5 Å². The topological polar surface area (TPSA) is 0 Å². The molecule has 0 aliphatic rings. The van der Waals surface area contributed by atoms with Crippen LogP contribution in [0.4, 0.5) is 0 Å². The Hall–Kier alpha value is -6.32. The average molecular weight is 719 g/mol. The highest BCUT2D eigenvalue weighted by molar-refractivity contribution is 7.29. The van der Waals surface area contributed by atoms with Crippen LogP contribution in [0.3, 0.4) is 0 Å². The second-order valence-corrected chi connectivity index (χ2v) is 16.4. The molecular weight excluding hydrogens is 689 g/mol. The minimum Gasteiger partial charge on any atom is -0.134 e. The first-order valence-electron chi connectivity index (χ1n) is 18.5. The predicted molar refractivity (Wildman–Crippen MR) is 239 cm³/mol. The number of benzene rings is 10. The van der Waals surface area contributed by atoms with Crippen molar-refractivity contribution in [3.8, 4) is 33.4 Å². The van der Waals surface area contributed by atoms with Crippen molar-refractivity contribution in [3.63, 3.8) is 0 Å². The Morgan fingerprint density at radius 1 is 0.278 bits per heavy atom.